The number of carboxylic acids is 1. The first-order chi connectivity index (χ1) is 15.8. The lowest BCUT2D eigenvalue weighted by atomic mass is 10.2. The maximum atomic E-state index is 12.3. The second kappa shape index (κ2) is 13.5. The molecule has 0 saturated carbocycles. The van der Waals surface area contributed by atoms with Crippen LogP contribution in [0.1, 0.15) is 35.7 Å². The van der Waals surface area contributed by atoms with Crippen LogP contribution in [-0.4, -0.2) is 58.4 Å². The molecule has 2 rings (SSSR count). The molecule has 0 radical (unpaired) electrons. The van der Waals surface area contributed by atoms with E-state index in [1.165, 1.54) is 6.20 Å². The van der Waals surface area contributed by atoms with Gasteiger partial charge in [-0.25, -0.2) is 9.78 Å². The number of carboxylic acid groups (broad SMARTS) is 1. The maximum absolute atomic E-state index is 12.3. The zero-order valence-electron chi connectivity index (χ0n) is 18.4. The Morgan fingerprint density at radius 2 is 1.97 bits per heavy atom. The van der Waals surface area contributed by atoms with E-state index in [1.807, 2.05) is 25.1 Å². The highest BCUT2D eigenvalue weighted by atomic mass is 79.9. The number of rotatable bonds is 12. The van der Waals surface area contributed by atoms with E-state index < -0.39 is 11.9 Å². The van der Waals surface area contributed by atoms with Gasteiger partial charge in [0.05, 0.1) is 13.0 Å². The fourth-order valence-electron chi connectivity index (χ4n) is 2.67. The topological polar surface area (TPSA) is 138 Å². The van der Waals surface area contributed by atoms with Crippen LogP contribution < -0.4 is 21.3 Å². The van der Waals surface area contributed by atoms with Gasteiger partial charge in [0.2, 0.25) is 5.95 Å². The number of nitrogens with one attached hydrogen (secondary N) is 4. The van der Waals surface area contributed by atoms with Crippen molar-refractivity contribution in [1.29, 1.82) is 0 Å². The predicted molar refractivity (Wildman–Crippen MR) is 134 cm³/mol. The number of thiocarbonyl (C=S) groups is 1. The number of carbonyl (C=O) groups is 2. The van der Waals surface area contributed by atoms with Crippen LogP contribution in [0.2, 0.25) is 0 Å². The summed E-state index contributed by atoms with van der Waals surface area (Å²) in [5.41, 5.74) is 2.10. The molecule has 0 aliphatic rings. The van der Waals surface area contributed by atoms with Crippen molar-refractivity contribution in [3.63, 3.8) is 0 Å². The molecule has 10 nitrogen and oxygen atoms in total. The number of carbonyl (C=O) groups excluding carboxylic acids is 1. The van der Waals surface area contributed by atoms with Gasteiger partial charge in [0.25, 0.3) is 0 Å². The quantitative estimate of drug-likeness (QED) is 0.154. The van der Waals surface area contributed by atoms with Gasteiger partial charge in [-0.05, 0) is 56.2 Å². The third-order valence-corrected chi connectivity index (χ3v) is 5.06. The van der Waals surface area contributed by atoms with Gasteiger partial charge in [-0.3, -0.25) is 4.79 Å². The number of esters is 1. The van der Waals surface area contributed by atoms with Crippen LogP contribution in [0.4, 0.5) is 17.5 Å². The Morgan fingerprint density at radius 3 is 2.67 bits per heavy atom. The minimum Gasteiger partial charge on any atom is -0.481 e. The first-order valence-electron chi connectivity index (χ1n) is 10.3. The summed E-state index contributed by atoms with van der Waals surface area (Å²) in [4.78, 5) is 31.6. The van der Waals surface area contributed by atoms with Crippen molar-refractivity contribution in [3.8, 4) is 0 Å². The van der Waals surface area contributed by atoms with Gasteiger partial charge < -0.3 is 31.1 Å². The van der Waals surface area contributed by atoms with Crippen LogP contribution in [0, 0.1) is 6.92 Å². The molecule has 0 saturated heterocycles. The molecule has 0 aliphatic carbocycles. The Hall–Kier alpha value is -2.99. The standard InChI is InChI=1S/C21H27BrN6O4S/c1-3-32-19(31)15-12-26-20(27-16-6-5-14(22)11-13(16)2)28-18(15)23-8-4-9-24-21(33)25-10-7-17(29)30/h5-6,11-12H,3-4,7-10H2,1-2H3,(H,29,30)(H2,24,25,33)(H2,23,26,27,28). The van der Waals surface area contributed by atoms with Crippen LogP contribution >= 0.6 is 28.1 Å². The molecule has 33 heavy (non-hydrogen) atoms. The normalized spacial score (nSPS) is 10.3. The summed E-state index contributed by atoms with van der Waals surface area (Å²) in [6.45, 7) is 5.26. The number of aromatic nitrogens is 2. The van der Waals surface area contributed by atoms with E-state index in [-0.39, 0.29) is 25.1 Å². The number of hydrogen-bond acceptors (Lipinski definition) is 8. The fraction of sp³-hybridized carbons (Fsp3) is 0.381. The van der Waals surface area contributed by atoms with Gasteiger partial charge in [-0.15, -0.1) is 0 Å². The Labute approximate surface area is 206 Å². The average Bonchev–Trinajstić information content (AvgIpc) is 2.75. The van der Waals surface area contributed by atoms with Crippen molar-refractivity contribution in [3.05, 3.63) is 40.0 Å². The maximum Gasteiger partial charge on any atom is 0.343 e. The number of halogens is 1. The average molecular weight is 539 g/mol. The largest absolute Gasteiger partial charge is 0.481 e. The lowest BCUT2D eigenvalue weighted by Crippen LogP contribution is -2.37. The third-order valence-electron chi connectivity index (χ3n) is 4.28. The summed E-state index contributed by atoms with van der Waals surface area (Å²) < 4.78 is 6.08. The number of hydrogen-bond donors (Lipinski definition) is 5. The van der Waals surface area contributed by atoms with Crippen molar-refractivity contribution in [2.45, 2.75) is 26.7 Å². The zero-order chi connectivity index (χ0) is 24.2. The van der Waals surface area contributed by atoms with E-state index >= 15 is 0 Å². The Bertz CT molecular complexity index is 991. The molecule has 0 unspecified atom stereocenters. The molecule has 1 heterocycles. The second-order valence-electron chi connectivity index (χ2n) is 6.87. The summed E-state index contributed by atoms with van der Waals surface area (Å²) in [6, 6.07) is 5.80. The number of anilines is 3. The van der Waals surface area contributed by atoms with E-state index in [9.17, 15) is 9.59 Å². The molecule has 0 spiro atoms. The molecule has 2 aromatic rings. The van der Waals surface area contributed by atoms with Crippen LogP contribution in [0.25, 0.3) is 0 Å². The SMILES string of the molecule is CCOC(=O)c1cnc(Nc2ccc(Br)cc2C)nc1NCCCNC(=S)NCCC(=O)O. The molecular formula is C21H27BrN6O4S. The molecule has 0 atom stereocenters. The molecular weight excluding hydrogens is 512 g/mol. The summed E-state index contributed by atoms with van der Waals surface area (Å²) in [5.74, 6) is -0.685. The van der Waals surface area contributed by atoms with Crippen LogP contribution in [0.3, 0.4) is 0 Å². The highest BCUT2D eigenvalue weighted by Crippen LogP contribution is 2.23. The fourth-order valence-corrected chi connectivity index (χ4v) is 3.35. The molecule has 0 aliphatic heterocycles. The van der Waals surface area contributed by atoms with E-state index in [4.69, 9.17) is 22.1 Å². The lowest BCUT2D eigenvalue weighted by Gasteiger charge is -2.14. The first kappa shape index (κ1) is 26.3. The van der Waals surface area contributed by atoms with Crippen molar-refractivity contribution in [1.82, 2.24) is 20.6 Å². The number of aryl methyl sites for hydroxylation is 1. The highest BCUT2D eigenvalue weighted by Gasteiger charge is 2.16. The number of benzene rings is 1. The van der Waals surface area contributed by atoms with E-state index in [0.717, 1.165) is 15.7 Å². The first-order valence-corrected chi connectivity index (χ1v) is 11.5. The molecule has 0 bridgehead atoms. The lowest BCUT2D eigenvalue weighted by molar-refractivity contribution is -0.136. The van der Waals surface area contributed by atoms with Gasteiger partial charge >= 0.3 is 11.9 Å². The van der Waals surface area contributed by atoms with Gasteiger partial charge in [-0.2, -0.15) is 4.98 Å². The number of nitrogens with zero attached hydrogens (tertiary/aromatic N) is 2. The Kier molecular flexibility index (Phi) is 10.8. The van der Waals surface area contributed by atoms with E-state index in [0.29, 0.717) is 36.4 Å². The Balaban J connectivity index is 1.97. The Morgan fingerprint density at radius 1 is 1.21 bits per heavy atom. The monoisotopic (exact) mass is 538 g/mol. The molecule has 0 fully saturated rings. The van der Waals surface area contributed by atoms with Gasteiger partial charge in [-0.1, -0.05) is 15.9 Å². The minimum absolute atomic E-state index is 0.0100. The highest BCUT2D eigenvalue weighted by molar-refractivity contribution is 9.10. The van der Waals surface area contributed by atoms with Crippen LogP contribution in [0.15, 0.2) is 28.9 Å². The van der Waals surface area contributed by atoms with Crippen molar-refractivity contribution < 1.29 is 19.4 Å². The number of aliphatic carboxylic acids is 1. The van der Waals surface area contributed by atoms with Crippen molar-refractivity contribution >= 4 is 62.7 Å². The molecule has 178 valence electrons. The smallest absolute Gasteiger partial charge is 0.343 e. The summed E-state index contributed by atoms with van der Waals surface area (Å²) in [6.07, 6.45) is 2.09. The molecule has 0 amide bonds. The van der Waals surface area contributed by atoms with Crippen LogP contribution in [-0.2, 0) is 9.53 Å². The van der Waals surface area contributed by atoms with Gasteiger partial charge in [0.15, 0.2) is 5.11 Å². The third kappa shape index (κ3) is 9.18. The summed E-state index contributed by atoms with van der Waals surface area (Å²) in [5, 5.41) is 21.2. The number of ether oxygens (including phenoxy) is 1. The molecule has 12 heteroatoms. The molecule has 1 aromatic carbocycles. The van der Waals surface area contributed by atoms with Crippen LogP contribution in [0.5, 0.6) is 0 Å². The van der Waals surface area contributed by atoms with Crippen molar-refractivity contribution in [2.75, 3.05) is 36.9 Å². The predicted octanol–water partition coefficient (Wildman–Crippen LogP) is 3.21. The van der Waals surface area contributed by atoms with E-state index in [1.54, 1.807) is 6.92 Å². The minimum atomic E-state index is -0.888. The van der Waals surface area contributed by atoms with E-state index in [2.05, 4.69) is 47.2 Å². The molecule has 1 aromatic heterocycles. The molecule has 5 N–H and O–H groups in total. The second-order valence-corrected chi connectivity index (χ2v) is 8.19. The summed E-state index contributed by atoms with van der Waals surface area (Å²) in [7, 11) is 0. The zero-order valence-corrected chi connectivity index (χ0v) is 20.8. The summed E-state index contributed by atoms with van der Waals surface area (Å²) >= 11 is 8.54. The van der Waals surface area contributed by atoms with Gasteiger partial charge in [0, 0.05) is 36.0 Å². The van der Waals surface area contributed by atoms with Crippen molar-refractivity contribution in [2.24, 2.45) is 0 Å². The van der Waals surface area contributed by atoms with Gasteiger partial charge in [0.1, 0.15) is 11.4 Å².